The van der Waals surface area contributed by atoms with Crippen LogP contribution in [-0.4, -0.2) is 24.1 Å². The number of rotatable bonds is 4. The Hall–Kier alpha value is -2.98. The molecule has 0 atom stereocenters. The van der Waals surface area contributed by atoms with Gasteiger partial charge in [0.1, 0.15) is 5.75 Å². The number of aromatic hydroxyl groups is 1. The number of nitrogens with zero attached hydrogens (tertiary/aromatic N) is 1. The predicted octanol–water partition coefficient (Wildman–Crippen LogP) is 6.49. The van der Waals surface area contributed by atoms with E-state index in [1.165, 1.54) is 11.1 Å². The van der Waals surface area contributed by atoms with E-state index in [1.54, 1.807) is 0 Å². The Balaban J connectivity index is 0.000000246. The largest absolute Gasteiger partial charge is 0.507 e. The number of nitrogen functional groups attached to an aromatic ring is 2. The molecule has 3 rings (SSSR count). The zero-order chi connectivity index (χ0) is 25.7. The lowest BCUT2D eigenvalue weighted by atomic mass is 9.78. The van der Waals surface area contributed by atoms with Gasteiger partial charge < -0.3 is 21.5 Å². The molecule has 0 saturated heterocycles. The summed E-state index contributed by atoms with van der Waals surface area (Å²) in [5.41, 5.74) is 18.8. The van der Waals surface area contributed by atoms with Crippen molar-refractivity contribution in [1.82, 2.24) is 4.90 Å². The Labute approximate surface area is 206 Å². The molecule has 3 aromatic rings. The Morgan fingerprint density at radius 3 is 1.68 bits per heavy atom. The van der Waals surface area contributed by atoms with Crippen molar-refractivity contribution < 1.29 is 5.11 Å². The number of phenols is 1. The van der Waals surface area contributed by atoms with Crippen LogP contribution in [0.1, 0.15) is 69.4 Å². The smallest absolute Gasteiger partial charge is 0.123 e. The van der Waals surface area contributed by atoms with Gasteiger partial charge in [0, 0.05) is 17.9 Å². The molecule has 4 heteroatoms. The molecule has 0 heterocycles. The molecule has 0 fully saturated rings. The van der Waals surface area contributed by atoms with E-state index in [4.69, 9.17) is 11.5 Å². The number of nitrogens with two attached hydrogens (primary N) is 2. The van der Waals surface area contributed by atoms with Gasteiger partial charge in [-0.1, -0.05) is 84.0 Å². The summed E-state index contributed by atoms with van der Waals surface area (Å²) in [4.78, 5) is 2.16. The average molecular weight is 462 g/mol. The van der Waals surface area contributed by atoms with Gasteiger partial charge in [-0.2, -0.15) is 0 Å². The molecule has 184 valence electrons. The van der Waals surface area contributed by atoms with E-state index in [0.29, 0.717) is 5.75 Å². The number of benzene rings is 3. The summed E-state index contributed by atoms with van der Waals surface area (Å²) in [6, 6.07) is 20.1. The van der Waals surface area contributed by atoms with Crippen LogP contribution in [0.5, 0.6) is 5.75 Å². The summed E-state index contributed by atoms with van der Waals surface area (Å²) in [7, 11) is 4.14. The Morgan fingerprint density at radius 1 is 0.735 bits per heavy atom. The first-order valence-electron chi connectivity index (χ1n) is 11.9. The van der Waals surface area contributed by atoms with Gasteiger partial charge in [-0.15, -0.1) is 0 Å². The minimum atomic E-state index is -0.0492. The second kappa shape index (κ2) is 11.0. The molecule has 34 heavy (non-hydrogen) atoms. The average Bonchev–Trinajstić information content (AvgIpc) is 2.71. The summed E-state index contributed by atoms with van der Waals surface area (Å²) in [6.07, 6.45) is 0.854. The number of hydrogen-bond donors (Lipinski definition) is 3. The predicted molar refractivity (Wildman–Crippen MR) is 147 cm³/mol. The van der Waals surface area contributed by atoms with E-state index < -0.39 is 0 Å². The Bertz CT molecular complexity index is 1040. The first kappa shape index (κ1) is 27.3. The molecule has 4 nitrogen and oxygen atoms in total. The maximum atomic E-state index is 10.6. The van der Waals surface area contributed by atoms with Crippen molar-refractivity contribution in [3.8, 4) is 5.75 Å². The molecular weight excluding hydrogens is 418 g/mol. The van der Waals surface area contributed by atoms with Crippen LogP contribution in [0.4, 0.5) is 11.4 Å². The van der Waals surface area contributed by atoms with Crippen LogP contribution in [0, 0.1) is 0 Å². The van der Waals surface area contributed by atoms with Crippen molar-refractivity contribution >= 4 is 11.4 Å². The molecule has 5 N–H and O–H groups in total. The van der Waals surface area contributed by atoms with E-state index in [2.05, 4.69) is 72.7 Å². The monoisotopic (exact) mass is 461 g/mol. The molecule has 0 radical (unpaired) electrons. The van der Waals surface area contributed by atoms with Crippen LogP contribution in [0.15, 0.2) is 60.7 Å². The second-order valence-electron chi connectivity index (χ2n) is 11.4. The highest BCUT2D eigenvalue weighted by molar-refractivity contribution is 5.50. The van der Waals surface area contributed by atoms with Crippen LogP contribution in [0.3, 0.4) is 0 Å². The molecule has 0 aromatic heterocycles. The number of phenolic OH excluding ortho intramolecular Hbond substituents is 1. The van der Waals surface area contributed by atoms with Crippen molar-refractivity contribution in [2.24, 2.45) is 0 Å². The van der Waals surface area contributed by atoms with E-state index in [9.17, 15) is 5.11 Å². The fraction of sp³-hybridized carbons (Fsp3) is 0.400. The molecule has 0 amide bonds. The molecule has 0 saturated carbocycles. The number of para-hydroxylation sites is 1. The highest BCUT2D eigenvalue weighted by Crippen LogP contribution is 2.39. The van der Waals surface area contributed by atoms with Crippen LogP contribution >= 0.6 is 0 Å². The number of anilines is 2. The van der Waals surface area contributed by atoms with Crippen LogP contribution in [-0.2, 0) is 23.8 Å². The quantitative estimate of drug-likeness (QED) is 0.388. The van der Waals surface area contributed by atoms with Gasteiger partial charge in [0.15, 0.2) is 0 Å². The van der Waals surface area contributed by atoms with E-state index in [0.717, 1.165) is 41.0 Å². The Kier molecular flexibility index (Phi) is 8.79. The van der Waals surface area contributed by atoms with Crippen LogP contribution in [0.2, 0.25) is 0 Å². The third kappa shape index (κ3) is 7.81. The van der Waals surface area contributed by atoms with Gasteiger partial charge in [-0.05, 0) is 77.4 Å². The molecule has 0 unspecified atom stereocenters. The minimum absolute atomic E-state index is 0.0492. The second-order valence-corrected chi connectivity index (χ2v) is 11.4. The molecular formula is C30H43N3O. The van der Waals surface area contributed by atoms with Gasteiger partial charge in [0.25, 0.3) is 0 Å². The summed E-state index contributed by atoms with van der Waals surface area (Å²) in [5, 5.41) is 10.6. The molecule has 0 aliphatic carbocycles. The lowest BCUT2D eigenvalue weighted by molar-refractivity contribution is 0.395. The molecule has 0 aliphatic rings. The van der Waals surface area contributed by atoms with Crippen molar-refractivity contribution in [2.75, 3.05) is 25.6 Å². The maximum absolute atomic E-state index is 10.6. The Morgan fingerprint density at radius 2 is 1.24 bits per heavy atom. The first-order valence-corrected chi connectivity index (χ1v) is 11.9. The van der Waals surface area contributed by atoms with Gasteiger partial charge >= 0.3 is 0 Å². The van der Waals surface area contributed by atoms with Crippen molar-refractivity contribution in [3.05, 3.63) is 88.5 Å². The van der Waals surface area contributed by atoms with E-state index in [-0.39, 0.29) is 10.8 Å². The maximum Gasteiger partial charge on any atom is 0.123 e. The van der Waals surface area contributed by atoms with Crippen LogP contribution < -0.4 is 11.5 Å². The van der Waals surface area contributed by atoms with Crippen molar-refractivity contribution in [2.45, 2.75) is 65.3 Å². The summed E-state index contributed by atoms with van der Waals surface area (Å²) < 4.78 is 0. The summed E-state index contributed by atoms with van der Waals surface area (Å²) in [6.45, 7) is 13.8. The first-order chi connectivity index (χ1) is 15.7. The SMILES string of the molecule is CN(C)Cc1cc(C(C)(C)C)c(O)c(C(C)(C)C)c1.Nc1ccc(Cc2ccccc2N)cc1. The fourth-order valence-electron chi connectivity index (χ4n) is 3.84. The third-order valence-electron chi connectivity index (χ3n) is 5.71. The normalized spacial score (nSPS) is 11.8. The minimum Gasteiger partial charge on any atom is -0.507 e. The van der Waals surface area contributed by atoms with Gasteiger partial charge in [-0.3, -0.25) is 0 Å². The van der Waals surface area contributed by atoms with Crippen LogP contribution in [0.25, 0.3) is 0 Å². The number of hydrogen-bond acceptors (Lipinski definition) is 4. The molecule has 0 bridgehead atoms. The molecule has 3 aromatic carbocycles. The third-order valence-corrected chi connectivity index (χ3v) is 5.71. The highest BCUT2D eigenvalue weighted by Gasteiger charge is 2.26. The van der Waals surface area contributed by atoms with Gasteiger partial charge in [0.05, 0.1) is 0 Å². The lowest BCUT2D eigenvalue weighted by Gasteiger charge is -2.28. The summed E-state index contributed by atoms with van der Waals surface area (Å²) in [5.74, 6) is 0.461. The lowest BCUT2D eigenvalue weighted by Crippen LogP contribution is -2.19. The van der Waals surface area contributed by atoms with Gasteiger partial charge in [0.2, 0.25) is 0 Å². The fourth-order valence-corrected chi connectivity index (χ4v) is 3.84. The zero-order valence-corrected chi connectivity index (χ0v) is 22.2. The van der Waals surface area contributed by atoms with Gasteiger partial charge in [-0.25, -0.2) is 0 Å². The van der Waals surface area contributed by atoms with E-state index in [1.807, 2.05) is 48.5 Å². The molecule has 0 aliphatic heterocycles. The zero-order valence-electron chi connectivity index (χ0n) is 22.2. The highest BCUT2D eigenvalue weighted by atomic mass is 16.3. The van der Waals surface area contributed by atoms with E-state index >= 15 is 0 Å². The topological polar surface area (TPSA) is 75.5 Å². The van der Waals surface area contributed by atoms with Crippen molar-refractivity contribution in [3.63, 3.8) is 0 Å². The summed E-state index contributed by atoms with van der Waals surface area (Å²) >= 11 is 0. The standard InChI is InChI=1S/C17H29NO.C13H14N2/c1-16(2,3)13-9-12(11-18(7)8)10-14(15(13)19)17(4,5)6;14-12-7-5-10(6-8-12)9-11-3-1-2-4-13(11)15/h9-10,19H,11H2,1-8H3;1-8H,9,14-15H2. The molecule has 0 spiro atoms. The van der Waals surface area contributed by atoms with Crippen molar-refractivity contribution in [1.29, 1.82) is 0 Å².